The SMILES string of the molecule is Cc1cc(C(=O)O)n2nc(-c3ccncc3)nc2n1. The van der Waals surface area contributed by atoms with E-state index in [2.05, 4.69) is 20.1 Å². The molecule has 0 fully saturated rings. The van der Waals surface area contributed by atoms with Gasteiger partial charge in [0.1, 0.15) is 0 Å². The van der Waals surface area contributed by atoms with Crippen LogP contribution in [-0.4, -0.2) is 35.6 Å². The summed E-state index contributed by atoms with van der Waals surface area (Å²) in [5.74, 6) is -0.381. The molecule has 0 saturated carbocycles. The van der Waals surface area contributed by atoms with Crippen LogP contribution < -0.4 is 0 Å². The predicted molar refractivity (Wildman–Crippen MR) is 65.7 cm³/mol. The second-order valence-electron chi connectivity index (χ2n) is 3.97. The molecule has 0 aliphatic rings. The van der Waals surface area contributed by atoms with Crippen LogP contribution in [0, 0.1) is 6.92 Å². The van der Waals surface area contributed by atoms with Gasteiger partial charge in [0.15, 0.2) is 11.5 Å². The van der Waals surface area contributed by atoms with Crippen LogP contribution in [0.3, 0.4) is 0 Å². The molecule has 0 aliphatic heterocycles. The number of carbonyl (C=O) groups is 1. The number of nitrogens with zero attached hydrogens (tertiary/aromatic N) is 5. The second-order valence-corrected chi connectivity index (χ2v) is 3.97. The molecule has 3 aromatic heterocycles. The minimum atomic E-state index is -1.07. The lowest BCUT2D eigenvalue weighted by Gasteiger charge is -1.98. The zero-order valence-corrected chi connectivity index (χ0v) is 9.98. The molecule has 0 spiro atoms. The zero-order chi connectivity index (χ0) is 13.4. The van der Waals surface area contributed by atoms with Gasteiger partial charge >= 0.3 is 5.97 Å². The molecule has 0 saturated heterocycles. The number of aromatic carboxylic acids is 1. The van der Waals surface area contributed by atoms with E-state index in [1.165, 1.54) is 10.6 Å². The Balaban J connectivity index is 2.26. The summed E-state index contributed by atoms with van der Waals surface area (Å²) in [6.07, 6.45) is 3.25. The highest BCUT2D eigenvalue weighted by Gasteiger charge is 2.15. The highest BCUT2D eigenvalue weighted by molar-refractivity contribution is 5.86. The van der Waals surface area contributed by atoms with Crippen molar-refractivity contribution in [1.29, 1.82) is 0 Å². The van der Waals surface area contributed by atoms with Crippen LogP contribution in [-0.2, 0) is 0 Å². The molecule has 0 aliphatic carbocycles. The number of fused-ring (bicyclic) bond motifs is 1. The van der Waals surface area contributed by atoms with Crippen LogP contribution in [0.5, 0.6) is 0 Å². The van der Waals surface area contributed by atoms with Gasteiger partial charge in [0.25, 0.3) is 5.78 Å². The van der Waals surface area contributed by atoms with Gasteiger partial charge in [-0.3, -0.25) is 4.98 Å². The smallest absolute Gasteiger partial charge is 0.354 e. The van der Waals surface area contributed by atoms with E-state index in [4.69, 9.17) is 5.11 Å². The average molecular weight is 255 g/mol. The van der Waals surface area contributed by atoms with Crippen LogP contribution in [0.1, 0.15) is 16.2 Å². The van der Waals surface area contributed by atoms with Crippen molar-refractivity contribution in [1.82, 2.24) is 24.6 Å². The monoisotopic (exact) mass is 255 g/mol. The molecule has 0 amide bonds. The fourth-order valence-corrected chi connectivity index (χ4v) is 1.76. The summed E-state index contributed by atoms with van der Waals surface area (Å²) in [6, 6.07) is 4.96. The molecular formula is C12H9N5O2. The molecule has 3 heterocycles. The summed E-state index contributed by atoms with van der Waals surface area (Å²) in [4.78, 5) is 23.5. The normalized spacial score (nSPS) is 10.8. The lowest BCUT2D eigenvalue weighted by atomic mass is 10.3. The molecular weight excluding hydrogens is 246 g/mol. The van der Waals surface area contributed by atoms with Crippen LogP contribution in [0.2, 0.25) is 0 Å². The van der Waals surface area contributed by atoms with Gasteiger partial charge in [-0.15, -0.1) is 5.10 Å². The number of rotatable bonds is 2. The van der Waals surface area contributed by atoms with Crippen LogP contribution in [0.25, 0.3) is 17.2 Å². The van der Waals surface area contributed by atoms with E-state index in [-0.39, 0.29) is 11.5 Å². The highest BCUT2D eigenvalue weighted by atomic mass is 16.4. The number of carboxylic acid groups (broad SMARTS) is 1. The first kappa shape index (κ1) is 11.3. The molecule has 94 valence electrons. The maximum atomic E-state index is 11.2. The first-order chi connectivity index (χ1) is 9.15. The summed E-state index contributed by atoms with van der Waals surface area (Å²) in [5.41, 5.74) is 1.38. The fraction of sp³-hybridized carbons (Fsp3) is 0.0833. The Morgan fingerprint density at radius 1 is 1.26 bits per heavy atom. The number of hydrogen-bond acceptors (Lipinski definition) is 5. The quantitative estimate of drug-likeness (QED) is 0.739. The predicted octanol–water partition coefficient (Wildman–Crippen LogP) is 1.19. The third-order valence-electron chi connectivity index (χ3n) is 2.60. The molecule has 7 heteroatoms. The van der Waals surface area contributed by atoms with Gasteiger partial charge in [-0.25, -0.2) is 9.78 Å². The number of aromatic nitrogens is 5. The molecule has 3 rings (SSSR count). The Labute approximate surface area is 107 Å². The van der Waals surface area contributed by atoms with Crippen molar-refractivity contribution >= 4 is 11.7 Å². The lowest BCUT2D eigenvalue weighted by Crippen LogP contribution is -2.08. The first-order valence-corrected chi connectivity index (χ1v) is 5.53. The van der Waals surface area contributed by atoms with E-state index in [9.17, 15) is 4.79 Å². The van der Waals surface area contributed by atoms with Crippen molar-refractivity contribution in [3.63, 3.8) is 0 Å². The van der Waals surface area contributed by atoms with Crippen molar-refractivity contribution in [3.8, 4) is 11.4 Å². The van der Waals surface area contributed by atoms with Crippen LogP contribution >= 0.6 is 0 Å². The van der Waals surface area contributed by atoms with Crippen molar-refractivity contribution in [2.75, 3.05) is 0 Å². The summed E-state index contributed by atoms with van der Waals surface area (Å²) in [7, 11) is 0. The summed E-state index contributed by atoms with van der Waals surface area (Å²) >= 11 is 0. The van der Waals surface area contributed by atoms with Crippen molar-refractivity contribution in [3.05, 3.63) is 42.0 Å². The minimum absolute atomic E-state index is 0.0373. The maximum absolute atomic E-state index is 11.2. The molecule has 3 aromatic rings. The van der Waals surface area contributed by atoms with E-state index < -0.39 is 5.97 Å². The Hall–Kier alpha value is -2.83. The van der Waals surface area contributed by atoms with Gasteiger partial charge in [0.05, 0.1) is 0 Å². The molecule has 7 nitrogen and oxygen atoms in total. The van der Waals surface area contributed by atoms with Gasteiger partial charge in [0.2, 0.25) is 0 Å². The van der Waals surface area contributed by atoms with E-state index in [1.807, 2.05) is 0 Å². The first-order valence-electron chi connectivity index (χ1n) is 5.53. The maximum Gasteiger partial charge on any atom is 0.354 e. The van der Waals surface area contributed by atoms with E-state index in [0.29, 0.717) is 11.5 Å². The van der Waals surface area contributed by atoms with Gasteiger partial charge in [-0.2, -0.15) is 9.50 Å². The fourth-order valence-electron chi connectivity index (χ4n) is 1.76. The van der Waals surface area contributed by atoms with Crippen LogP contribution in [0.15, 0.2) is 30.6 Å². The molecule has 0 radical (unpaired) electrons. The van der Waals surface area contributed by atoms with Gasteiger partial charge in [-0.1, -0.05) is 0 Å². The summed E-state index contributed by atoms with van der Waals surface area (Å²) in [5, 5.41) is 13.3. The molecule has 0 aromatic carbocycles. The van der Waals surface area contributed by atoms with Gasteiger partial charge < -0.3 is 5.11 Å². The topological polar surface area (TPSA) is 93.3 Å². The Bertz CT molecular complexity index is 766. The number of carboxylic acids is 1. The lowest BCUT2D eigenvalue weighted by molar-refractivity contribution is 0.0687. The third-order valence-corrected chi connectivity index (χ3v) is 2.60. The summed E-state index contributed by atoms with van der Waals surface area (Å²) in [6.45, 7) is 1.72. The zero-order valence-electron chi connectivity index (χ0n) is 9.98. The van der Waals surface area contributed by atoms with E-state index in [1.54, 1.807) is 31.5 Å². The molecule has 0 unspecified atom stereocenters. The number of hydrogen-bond donors (Lipinski definition) is 1. The Kier molecular flexibility index (Phi) is 2.45. The Morgan fingerprint density at radius 3 is 2.68 bits per heavy atom. The summed E-state index contributed by atoms with van der Waals surface area (Å²) < 4.78 is 1.23. The Morgan fingerprint density at radius 2 is 2.00 bits per heavy atom. The second kappa shape index (κ2) is 4.13. The van der Waals surface area contributed by atoms with Crippen molar-refractivity contribution in [2.45, 2.75) is 6.92 Å². The largest absolute Gasteiger partial charge is 0.477 e. The van der Waals surface area contributed by atoms with Gasteiger partial charge in [0, 0.05) is 23.7 Å². The van der Waals surface area contributed by atoms with Crippen molar-refractivity contribution in [2.24, 2.45) is 0 Å². The van der Waals surface area contributed by atoms with E-state index in [0.717, 1.165) is 5.56 Å². The van der Waals surface area contributed by atoms with Crippen LogP contribution in [0.4, 0.5) is 0 Å². The standard InChI is InChI=1S/C12H9N5O2/c1-7-6-9(11(18)19)17-12(14-7)15-10(16-17)8-2-4-13-5-3-8/h2-6H,1H3,(H,18,19). The molecule has 0 atom stereocenters. The van der Waals surface area contributed by atoms with Crippen molar-refractivity contribution < 1.29 is 9.90 Å². The minimum Gasteiger partial charge on any atom is -0.477 e. The molecule has 19 heavy (non-hydrogen) atoms. The third kappa shape index (κ3) is 1.90. The van der Waals surface area contributed by atoms with E-state index >= 15 is 0 Å². The van der Waals surface area contributed by atoms with Gasteiger partial charge in [-0.05, 0) is 25.1 Å². The molecule has 0 bridgehead atoms. The molecule has 1 N–H and O–H groups in total. The number of pyridine rings is 1. The number of aryl methyl sites for hydroxylation is 1. The average Bonchev–Trinajstić information content (AvgIpc) is 2.82. The highest BCUT2D eigenvalue weighted by Crippen LogP contribution is 2.15.